The van der Waals surface area contributed by atoms with E-state index in [9.17, 15) is 9.59 Å². The van der Waals surface area contributed by atoms with Gasteiger partial charge in [0.15, 0.2) is 0 Å². The lowest BCUT2D eigenvalue weighted by atomic mass is 9.97. The fourth-order valence-electron chi connectivity index (χ4n) is 3.82. The van der Waals surface area contributed by atoms with E-state index in [1.807, 2.05) is 25.1 Å². The number of piperidine rings is 1. The minimum absolute atomic E-state index is 0.00639. The van der Waals surface area contributed by atoms with Crippen LogP contribution in [0, 0.1) is 19.8 Å². The van der Waals surface area contributed by atoms with Crippen molar-refractivity contribution in [1.82, 2.24) is 20.1 Å². The molecule has 1 fully saturated rings. The van der Waals surface area contributed by atoms with Crippen molar-refractivity contribution >= 4 is 34.5 Å². The van der Waals surface area contributed by atoms with Gasteiger partial charge in [-0.25, -0.2) is 0 Å². The van der Waals surface area contributed by atoms with E-state index in [1.165, 1.54) is 17.3 Å². The Labute approximate surface area is 184 Å². The Morgan fingerprint density at radius 3 is 2.77 bits per heavy atom. The molecule has 1 amide bonds. The van der Waals surface area contributed by atoms with E-state index < -0.39 is 0 Å². The number of hydrogen-bond donors (Lipinski definition) is 1. The molecule has 0 atom stereocenters. The minimum Gasteiger partial charge on any atom is -0.466 e. The van der Waals surface area contributed by atoms with Crippen LogP contribution < -0.4 is 0 Å². The summed E-state index contributed by atoms with van der Waals surface area (Å²) in [5, 5.41) is 9.72. The Hall–Kier alpha value is -2.81. The quantitative estimate of drug-likeness (QED) is 0.458. The fraction of sp³-hybridized carbons (Fsp3) is 0.455. The summed E-state index contributed by atoms with van der Waals surface area (Å²) in [7, 11) is 0. The summed E-state index contributed by atoms with van der Waals surface area (Å²) in [6.07, 6.45) is 1.28. The first-order chi connectivity index (χ1) is 15.0. The topological polar surface area (TPSA) is 101 Å². The summed E-state index contributed by atoms with van der Waals surface area (Å²) in [5.74, 6) is 0.392. The molecule has 1 saturated heterocycles. The van der Waals surface area contributed by atoms with Gasteiger partial charge in [0.05, 0.1) is 18.3 Å². The lowest BCUT2D eigenvalue weighted by Crippen LogP contribution is -2.41. The van der Waals surface area contributed by atoms with Gasteiger partial charge in [0.1, 0.15) is 0 Å². The van der Waals surface area contributed by atoms with Crippen LogP contribution in [0.2, 0.25) is 0 Å². The second kappa shape index (κ2) is 9.13. The van der Waals surface area contributed by atoms with Crippen LogP contribution in [0.5, 0.6) is 0 Å². The number of thioether (sulfide) groups is 1. The van der Waals surface area contributed by atoms with Crippen molar-refractivity contribution in [3.8, 4) is 11.5 Å². The minimum atomic E-state index is -0.162. The maximum atomic E-state index is 12.5. The predicted octanol–water partition coefficient (Wildman–Crippen LogP) is 3.73. The van der Waals surface area contributed by atoms with Gasteiger partial charge in [0.25, 0.3) is 5.22 Å². The first kappa shape index (κ1) is 21.4. The van der Waals surface area contributed by atoms with Gasteiger partial charge >= 0.3 is 5.97 Å². The Bertz CT molecular complexity index is 1100. The molecule has 31 heavy (non-hydrogen) atoms. The molecule has 1 aliphatic rings. The van der Waals surface area contributed by atoms with Crippen molar-refractivity contribution in [2.24, 2.45) is 5.92 Å². The molecule has 3 heterocycles. The summed E-state index contributed by atoms with van der Waals surface area (Å²) in [4.78, 5) is 29.5. The van der Waals surface area contributed by atoms with Crippen molar-refractivity contribution in [3.05, 3.63) is 29.5 Å². The number of rotatable bonds is 6. The second-order valence-electron chi connectivity index (χ2n) is 7.70. The van der Waals surface area contributed by atoms with E-state index in [2.05, 4.69) is 22.1 Å². The number of aromatic nitrogens is 3. The first-order valence-corrected chi connectivity index (χ1v) is 11.4. The highest BCUT2D eigenvalue weighted by molar-refractivity contribution is 7.99. The second-order valence-corrected chi connectivity index (χ2v) is 8.63. The van der Waals surface area contributed by atoms with Crippen molar-refractivity contribution in [2.45, 2.75) is 38.8 Å². The molecule has 4 rings (SSSR count). The maximum absolute atomic E-state index is 12.5. The highest BCUT2D eigenvalue weighted by Crippen LogP contribution is 2.29. The number of amides is 1. The SMILES string of the molecule is CCOC(=O)C1CCN(C(=O)CSc2nnc(-c3ccc4[nH]c(C)c(C)c4c3)o2)CC1. The standard InChI is InChI=1S/C22H26N4O4S/c1-4-29-21(28)15-7-9-26(10-8-15)19(27)12-31-22-25-24-20(30-22)16-5-6-18-17(11-16)13(2)14(3)23-18/h5-6,11,15,23H,4,7-10,12H2,1-3H3. The number of nitrogens with zero attached hydrogens (tertiary/aromatic N) is 3. The molecule has 0 spiro atoms. The number of likely N-dealkylation sites (tertiary alicyclic amines) is 1. The average molecular weight is 443 g/mol. The number of aromatic amines is 1. The molecule has 0 radical (unpaired) electrons. The molecule has 1 N–H and O–H groups in total. The molecule has 9 heteroatoms. The van der Waals surface area contributed by atoms with Crippen LogP contribution in [0.25, 0.3) is 22.4 Å². The summed E-state index contributed by atoms with van der Waals surface area (Å²) in [5.41, 5.74) is 4.26. The van der Waals surface area contributed by atoms with E-state index in [0.717, 1.165) is 22.2 Å². The van der Waals surface area contributed by atoms with Crippen molar-refractivity contribution < 1.29 is 18.7 Å². The third-order valence-electron chi connectivity index (χ3n) is 5.75. The van der Waals surface area contributed by atoms with Crippen LogP contribution in [-0.2, 0) is 14.3 Å². The van der Waals surface area contributed by atoms with E-state index >= 15 is 0 Å². The molecule has 0 aliphatic carbocycles. The number of carbonyl (C=O) groups is 2. The fourth-order valence-corrected chi connectivity index (χ4v) is 4.48. The highest BCUT2D eigenvalue weighted by Gasteiger charge is 2.28. The maximum Gasteiger partial charge on any atom is 0.309 e. The van der Waals surface area contributed by atoms with E-state index in [-0.39, 0.29) is 23.5 Å². The first-order valence-electron chi connectivity index (χ1n) is 10.5. The van der Waals surface area contributed by atoms with Gasteiger partial charge in [0.2, 0.25) is 11.8 Å². The average Bonchev–Trinajstić information content (AvgIpc) is 3.37. The number of esters is 1. The van der Waals surface area contributed by atoms with Crippen LogP contribution in [0.1, 0.15) is 31.0 Å². The zero-order valence-electron chi connectivity index (χ0n) is 17.9. The van der Waals surface area contributed by atoms with Gasteiger partial charge in [-0.15, -0.1) is 10.2 Å². The molecule has 2 aromatic heterocycles. The van der Waals surface area contributed by atoms with Gasteiger partial charge in [-0.2, -0.15) is 0 Å². The van der Waals surface area contributed by atoms with Crippen LogP contribution in [0.15, 0.2) is 27.8 Å². The third-order valence-corrected chi connectivity index (χ3v) is 6.55. The Kier molecular flexibility index (Phi) is 6.31. The predicted molar refractivity (Wildman–Crippen MR) is 118 cm³/mol. The van der Waals surface area contributed by atoms with E-state index in [1.54, 1.807) is 11.8 Å². The normalized spacial score (nSPS) is 14.9. The van der Waals surface area contributed by atoms with E-state index in [0.29, 0.717) is 43.7 Å². The number of carbonyl (C=O) groups excluding carboxylic acids is 2. The Morgan fingerprint density at radius 2 is 2.03 bits per heavy atom. The lowest BCUT2D eigenvalue weighted by Gasteiger charge is -2.30. The van der Waals surface area contributed by atoms with Gasteiger partial charge in [0, 0.05) is 35.2 Å². The number of fused-ring (bicyclic) bond motifs is 1. The largest absolute Gasteiger partial charge is 0.466 e. The Morgan fingerprint density at radius 1 is 1.26 bits per heavy atom. The van der Waals surface area contributed by atoms with Crippen LogP contribution in [-0.4, -0.2) is 57.4 Å². The number of H-pyrrole nitrogens is 1. The van der Waals surface area contributed by atoms with Crippen molar-refractivity contribution in [3.63, 3.8) is 0 Å². The summed E-state index contributed by atoms with van der Waals surface area (Å²) in [6, 6.07) is 5.98. The van der Waals surface area contributed by atoms with Crippen LogP contribution >= 0.6 is 11.8 Å². The molecular weight excluding hydrogens is 416 g/mol. The highest BCUT2D eigenvalue weighted by atomic mass is 32.2. The summed E-state index contributed by atoms with van der Waals surface area (Å²) >= 11 is 1.23. The molecule has 1 aliphatic heterocycles. The summed E-state index contributed by atoms with van der Waals surface area (Å²) < 4.78 is 10.9. The van der Waals surface area contributed by atoms with E-state index in [4.69, 9.17) is 9.15 Å². The molecule has 3 aromatic rings. The summed E-state index contributed by atoms with van der Waals surface area (Å²) in [6.45, 7) is 7.44. The lowest BCUT2D eigenvalue weighted by molar-refractivity contribution is -0.151. The smallest absolute Gasteiger partial charge is 0.309 e. The Balaban J connectivity index is 1.33. The van der Waals surface area contributed by atoms with Crippen molar-refractivity contribution in [2.75, 3.05) is 25.4 Å². The molecule has 0 saturated carbocycles. The zero-order valence-corrected chi connectivity index (χ0v) is 18.8. The number of aryl methyl sites for hydroxylation is 2. The molecule has 164 valence electrons. The van der Waals surface area contributed by atoms with Gasteiger partial charge in [-0.1, -0.05) is 11.8 Å². The molecule has 8 nitrogen and oxygen atoms in total. The number of benzene rings is 1. The molecular formula is C22H26N4O4S. The number of hydrogen-bond acceptors (Lipinski definition) is 7. The molecule has 0 bridgehead atoms. The van der Waals surface area contributed by atoms with Gasteiger partial charge in [-0.3, -0.25) is 9.59 Å². The van der Waals surface area contributed by atoms with Crippen LogP contribution in [0.3, 0.4) is 0 Å². The monoisotopic (exact) mass is 442 g/mol. The third kappa shape index (κ3) is 4.61. The van der Waals surface area contributed by atoms with Gasteiger partial charge in [-0.05, 0) is 57.4 Å². The van der Waals surface area contributed by atoms with Gasteiger partial charge < -0.3 is 19.0 Å². The molecule has 0 unspecified atom stereocenters. The zero-order chi connectivity index (χ0) is 22.0. The number of nitrogens with one attached hydrogen (secondary N) is 1. The number of ether oxygens (including phenoxy) is 1. The van der Waals surface area contributed by atoms with Crippen LogP contribution in [0.4, 0.5) is 0 Å². The van der Waals surface area contributed by atoms with Crippen molar-refractivity contribution in [1.29, 1.82) is 0 Å². The molecule has 1 aromatic carbocycles.